The molecule has 0 radical (unpaired) electrons. The van der Waals surface area contributed by atoms with Crippen molar-refractivity contribution in [3.8, 4) is 11.5 Å². The SMILES string of the molecule is COc1ccc(C(C)O)c(OCC(=O)NCCC(C)C)c1. The van der Waals surface area contributed by atoms with Crippen LogP contribution in [0.1, 0.15) is 38.9 Å². The molecule has 21 heavy (non-hydrogen) atoms. The molecule has 2 N–H and O–H groups in total. The van der Waals surface area contributed by atoms with Gasteiger partial charge in [0.25, 0.3) is 5.91 Å². The van der Waals surface area contributed by atoms with E-state index >= 15 is 0 Å². The standard InChI is InChI=1S/C16H25NO4/c1-11(2)7-8-17-16(19)10-21-15-9-13(20-4)5-6-14(15)12(3)18/h5-6,9,11-12,18H,7-8,10H2,1-4H3,(H,17,19). The van der Waals surface area contributed by atoms with E-state index in [-0.39, 0.29) is 12.5 Å². The van der Waals surface area contributed by atoms with E-state index in [4.69, 9.17) is 9.47 Å². The van der Waals surface area contributed by atoms with E-state index < -0.39 is 6.10 Å². The summed E-state index contributed by atoms with van der Waals surface area (Å²) in [5, 5.41) is 12.5. The summed E-state index contributed by atoms with van der Waals surface area (Å²) < 4.78 is 10.6. The van der Waals surface area contributed by atoms with Gasteiger partial charge >= 0.3 is 0 Å². The highest BCUT2D eigenvalue weighted by Gasteiger charge is 2.12. The lowest BCUT2D eigenvalue weighted by atomic mass is 10.1. The number of hydrogen-bond acceptors (Lipinski definition) is 4. The van der Waals surface area contributed by atoms with Gasteiger partial charge in [0.1, 0.15) is 11.5 Å². The molecule has 0 bridgehead atoms. The molecule has 0 aliphatic rings. The molecule has 0 spiro atoms. The fourth-order valence-electron chi connectivity index (χ4n) is 1.81. The number of hydrogen-bond donors (Lipinski definition) is 2. The maximum Gasteiger partial charge on any atom is 0.257 e. The summed E-state index contributed by atoms with van der Waals surface area (Å²) in [6.07, 6.45) is 0.263. The summed E-state index contributed by atoms with van der Waals surface area (Å²) in [6.45, 7) is 6.42. The molecular weight excluding hydrogens is 270 g/mol. The van der Waals surface area contributed by atoms with E-state index in [1.165, 1.54) is 0 Å². The highest BCUT2D eigenvalue weighted by atomic mass is 16.5. The Morgan fingerprint density at radius 1 is 1.33 bits per heavy atom. The van der Waals surface area contributed by atoms with Crippen molar-refractivity contribution in [2.75, 3.05) is 20.3 Å². The van der Waals surface area contributed by atoms with Crippen molar-refractivity contribution >= 4 is 5.91 Å². The molecular formula is C16H25NO4. The Kier molecular flexibility index (Phi) is 7.02. The van der Waals surface area contributed by atoms with Gasteiger partial charge in [-0.05, 0) is 31.4 Å². The van der Waals surface area contributed by atoms with Crippen molar-refractivity contribution in [3.63, 3.8) is 0 Å². The predicted octanol–water partition coefficient (Wildman–Crippen LogP) is 2.29. The zero-order valence-electron chi connectivity index (χ0n) is 13.2. The van der Waals surface area contributed by atoms with Gasteiger partial charge in [0.15, 0.2) is 6.61 Å². The lowest BCUT2D eigenvalue weighted by molar-refractivity contribution is -0.123. The second-order valence-corrected chi connectivity index (χ2v) is 5.40. The van der Waals surface area contributed by atoms with Crippen molar-refractivity contribution in [2.24, 2.45) is 5.92 Å². The van der Waals surface area contributed by atoms with Crippen LogP contribution in [0.4, 0.5) is 0 Å². The van der Waals surface area contributed by atoms with Crippen LogP contribution >= 0.6 is 0 Å². The van der Waals surface area contributed by atoms with E-state index in [0.717, 1.165) is 6.42 Å². The molecule has 1 aromatic rings. The topological polar surface area (TPSA) is 67.8 Å². The Balaban J connectivity index is 2.59. The third-order valence-corrected chi connectivity index (χ3v) is 3.07. The van der Waals surface area contributed by atoms with Crippen LogP contribution in [0, 0.1) is 5.92 Å². The average Bonchev–Trinajstić information content (AvgIpc) is 2.44. The Hall–Kier alpha value is -1.75. The maximum atomic E-state index is 11.7. The van der Waals surface area contributed by atoms with Gasteiger partial charge < -0.3 is 19.9 Å². The molecule has 0 aliphatic carbocycles. The van der Waals surface area contributed by atoms with Gasteiger partial charge in [-0.25, -0.2) is 0 Å². The molecule has 118 valence electrons. The summed E-state index contributed by atoms with van der Waals surface area (Å²) in [5.41, 5.74) is 0.630. The second kappa shape index (κ2) is 8.52. The number of methoxy groups -OCH3 is 1. The first-order chi connectivity index (χ1) is 9.93. The minimum atomic E-state index is -0.671. The number of ether oxygens (including phenoxy) is 2. The maximum absolute atomic E-state index is 11.7. The zero-order valence-corrected chi connectivity index (χ0v) is 13.2. The first-order valence-electron chi connectivity index (χ1n) is 7.19. The van der Waals surface area contributed by atoms with Gasteiger partial charge in [-0.15, -0.1) is 0 Å². The van der Waals surface area contributed by atoms with Crippen LogP contribution in [-0.4, -0.2) is 31.3 Å². The van der Waals surface area contributed by atoms with Crippen LogP contribution in [0.25, 0.3) is 0 Å². The van der Waals surface area contributed by atoms with Crippen LogP contribution in [0.3, 0.4) is 0 Å². The van der Waals surface area contributed by atoms with Gasteiger partial charge in [-0.3, -0.25) is 4.79 Å². The number of nitrogens with one attached hydrogen (secondary N) is 1. The van der Waals surface area contributed by atoms with Crippen LogP contribution in [0.15, 0.2) is 18.2 Å². The molecule has 0 heterocycles. The predicted molar refractivity (Wildman–Crippen MR) is 81.6 cm³/mol. The Labute approximate surface area is 126 Å². The van der Waals surface area contributed by atoms with E-state index in [2.05, 4.69) is 19.2 Å². The molecule has 1 aromatic carbocycles. The molecule has 5 nitrogen and oxygen atoms in total. The number of carbonyl (C=O) groups excluding carboxylic acids is 1. The Morgan fingerprint density at radius 3 is 2.62 bits per heavy atom. The second-order valence-electron chi connectivity index (χ2n) is 5.40. The van der Waals surface area contributed by atoms with Gasteiger partial charge in [0.2, 0.25) is 0 Å². The molecule has 1 atom stereocenters. The van der Waals surface area contributed by atoms with E-state index in [9.17, 15) is 9.90 Å². The van der Waals surface area contributed by atoms with Crippen LogP contribution in [-0.2, 0) is 4.79 Å². The normalized spacial score (nSPS) is 12.1. The van der Waals surface area contributed by atoms with Crippen molar-refractivity contribution in [1.29, 1.82) is 0 Å². The molecule has 0 saturated heterocycles. The molecule has 0 aliphatic heterocycles. The fraction of sp³-hybridized carbons (Fsp3) is 0.562. The van der Waals surface area contributed by atoms with Crippen LogP contribution < -0.4 is 14.8 Å². The minimum absolute atomic E-state index is 0.0784. The number of rotatable bonds is 8. The zero-order chi connectivity index (χ0) is 15.8. The lowest BCUT2D eigenvalue weighted by Crippen LogP contribution is -2.30. The number of aliphatic hydroxyl groups is 1. The van der Waals surface area contributed by atoms with E-state index in [0.29, 0.717) is 29.5 Å². The Morgan fingerprint density at radius 2 is 2.05 bits per heavy atom. The Bertz CT molecular complexity index is 458. The quantitative estimate of drug-likeness (QED) is 0.772. The summed E-state index contributed by atoms with van der Waals surface area (Å²) in [7, 11) is 1.56. The van der Waals surface area contributed by atoms with Crippen molar-refractivity contribution in [2.45, 2.75) is 33.3 Å². The van der Waals surface area contributed by atoms with Crippen molar-refractivity contribution < 1.29 is 19.4 Å². The van der Waals surface area contributed by atoms with Crippen molar-refractivity contribution in [1.82, 2.24) is 5.32 Å². The first kappa shape index (κ1) is 17.3. The monoisotopic (exact) mass is 295 g/mol. The molecule has 1 unspecified atom stereocenters. The number of amides is 1. The summed E-state index contributed by atoms with van der Waals surface area (Å²) in [5.74, 6) is 1.46. The highest BCUT2D eigenvalue weighted by Crippen LogP contribution is 2.29. The molecule has 0 fully saturated rings. The van der Waals surface area contributed by atoms with Crippen LogP contribution in [0.2, 0.25) is 0 Å². The minimum Gasteiger partial charge on any atom is -0.497 e. The highest BCUT2D eigenvalue weighted by molar-refractivity contribution is 5.77. The number of aliphatic hydroxyl groups excluding tert-OH is 1. The molecule has 5 heteroatoms. The molecule has 0 saturated carbocycles. The largest absolute Gasteiger partial charge is 0.497 e. The van der Waals surface area contributed by atoms with Crippen molar-refractivity contribution in [3.05, 3.63) is 23.8 Å². The van der Waals surface area contributed by atoms with Crippen LogP contribution in [0.5, 0.6) is 11.5 Å². The van der Waals surface area contributed by atoms with E-state index in [1.807, 2.05) is 0 Å². The summed E-state index contributed by atoms with van der Waals surface area (Å²) in [6, 6.07) is 5.15. The van der Waals surface area contributed by atoms with Gasteiger partial charge in [0, 0.05) is 18.2 Å². The average molecular weight is 295 g/mol. The smallest absolute Gasteiger partial charge is 0.257 e. The lowest BCUT2D eigenvalue weighted by Gasteiger charge is -2.15. The third-order valence-electron chi connectivity index (χ3n) is 3.07. The summed E-state index contributed by atoms with van der Waals surface area (Å²) >= 11 is 0. The number of benzene rings is 1. The molecule has 0 aromatic heterocycles. The summed E-state index contributed by atoms with van der Waals surface area (Å²) in [4.78, 5) is 11.7. The van der Waals surface area contributed by atoms with E-state index in [1.54, 1.807) is 32.2 Å². The third kappa shape index (κ3) is 6.04. The van der Waals surface area contributed by atoms with Gasteiger partial charge in [-0.2, -0.15) is 0 Å². The molecule has 1 rings (SSSR count). The van der Waals surface area contributed by atoms with Gasteiger partial charge in [0.05, 0.1) is 13.2 Å². The van der Waals surface area contributed by atoms with Gasteiger partial charge in [-0.1, -0.05) is 13.8 Å². The first-order valence-corrected chi connectivity index (χ1v) is 7.19. The molecule has 1 amide bonds. The number of carbonyl (C=O) groups is 1. The fourth-order valence-corrected chi connectivity index (χ4v) is 1.81.